The summed E-state index contributed by atoms with van der Waals surface area (Å²) in [5.74, 6) is -0.338. The molecule has 7 heteroatoms. The van der Waals surface area contributed by atoms with E-state index in [4.69, 9.17) is 11.6 Å². The largest absolute Gasteiger partial charge is 0.382 e. The molecule has 1 aromatic carbocycles. The number of carbonyl (C=O) groups excluding carboxylic acids is 1. The first-order valence-corrected chi connectivity index (χ1v) is 10.7. The molecule has 6 nitrogen and oxygen atoms in total. The number of H-pyrrole nitrogens is 1. The molecule has 1 saturated heterocycles. The second kappa shape index (κ2) is 9.79. The van der Waals surface area contributed by atoms with Crippen LogP contribution in [-0.4, -0.2) is 29.6 Å². The second-order valence-electron chi connectivity index (χ2n) is 7.62. The van der Waals surface area contributed by atoms with Crippen LogP contribution in [0.1, 0.15) is 65.7 Å². The van der Waals surface area contributed by atoms with Crippen LogP contribution in [0.2, 0.25) is 0 Å². The monoisotopic (exact) mass is 480 g/mol. The van der Waals surface area contributed by atoms with Crippen LogP contribution in [-0.2, 0) is 11.3 Å². The zero-order chi connectivity index (χ0) is 26.1. The molecule has 0 aliphatic carbocycles. The maximum atomic E-state index is 13.0. The summed E-state index contributed by atoms with van der Waals surface area (Å²) in [6.07, 6.45) is -2.81. The standard InChI is InChI=1S/C23H30BrN3O3/c1-5-18-11-17(6-7-30-18)27-21-10-16(24)9-19(15(21)4)22(28)25-12-20-13(2)8-14(3)26-23(20)29/h8-10,17-18,27H,5-7,11-12H2,1-4H3,(H,25,28)(H,26,29)/i1D3,5D2. The Balaban J connectivity index is 1.76. The average molecular weight is 481 g/mol. The van der Waals surface area contributed by atoms with Gasteiger partial charge in [0.05, 0.1) is 6.10 Å². The molecule has 2 aromatic rings. The Hall–Kier alpha value is -2.12. The van der Waals surface area contributed by atoms with Gasteiger partial charge in [-0.15, -0.1) is 0 Å². The lowest BCUT2D eigenvalue weighted by Crippen LogP contribution is -2.34. The zero-order valence-electron chi connectivity index (χ0n) is 22.3. The molecule has 2 heterocycles. The Kier molecular flexibility index (Phi) is 5.40. The van der Waals surface area contributed by atoms with E-state index in [2.05, 4.69) is 31.5 Å². The molecule has 0 radical (unpaired) electrons. The van der Waals surface area contributed by atoms with Crippen molar-refractivity contribution in [3.05, 3.63) is 61.0 Å². The van der Waals surface area contributed by atoms with E-state index in [1.807, 2.05) is 19.1 Å². The van der Waals surface area contributed by atoms with Crippen molar-refractivity contribution in [2.24, 2.45) is 0 Å². The van der Waals surface area contributed by atoms with Crippen molar-refractivity contribution in [1.29, 1.82) is 0 Å². The van der Waals surface area contributed by atoms with Gasteiger partial charge in [0.1, 0.15) is 0 Å². The first kappa shape index (κ1) is 16.6. The highest BCUT2D eigenvalue weighted by atomic mass is 79.9. The molecular formula is C23H30BrN3O3. The number of aromatic nitrogens is 1. The number of nitrogens with one attached hydrogen (secondary N) is 3. The third-order valence-electron chi connectivity index (χ3n) is 5.34. The molecule has 1 aromatic heterocycles. The molecule has 1 amide bonds. The number of amides is 1. The highest BCUT2D eigenvalue weighted by Crippen LogP contribution is 2.28. The van der Waals surface area contributed by atoms with Gasteiger partial charge in [-0.2, -0.15) is 0 Å². The maximum absolute atomic E-state index is 13.0. The van der Waals surface area contributed by atoms with Crippen LogP contribution < -0.4 is 16.2 Å². The minimum absolute atomic E-state index is 0.0842. The first-order chi connectivity index (χ1) is 16.2. The molecule has 162 valence electrons. The summed E-state index contributed by atoms with van der Waals surface area (Å²) in [6, 6.07) is 5.14. The fourth-order valence-corrected chi connectivity index (χ4v) is 4.14. The van der Waals surface area contributed by atoms with E-state index in [0.29, 0.717) is 33.3 Å². The van der Waals surface area contributed by atoms with Crippen LogP contribution in [0.25, 0.3) is 0 Å². The summed E-state index contributed by atoms with van der Waals surface area (Å²) in [6.45, 7) is 2.93. The van der Waals surface area contributed by atoms with E-state index in [-0.39, 0.29) is 37.1 Å². The maximum Gasteiger partial charge on any atom is 0.253 e. The van der Waals surface area contributed by atoms with Gasteiger partial charge in [-0.05, 0) is 69.3 Å². The van der Waals surface area contributed by atoms with Crippen LogP contribution in [0.3, 0.4) is 0 Å². The molecule has 2 unspecified atom stereocenters. The first-order valence-electron chi connectivity index (χ1n) is 12.4. The lowest BCUT2D eigenvalue weighted by molar-refractivity contribution is 0.00924. The fraction of sp³-hybridized carbons (Fsp3) is 0.478. The van der Waals surface area contributed by atoms with Crippen molar-refractivity contribution in [2.45, 2.75) is 65.5 Å². The molecule has 1 aliphatic rings. The van der Waals surface area contributed by atoms with Gasteiger partial charge in [0.15, 0.2) is 0 Å². The molecule has 0 saturated carbocycles. The Morgan fingerprint density at radius 2 is 2.17 bits per heavy atom. The van der Waals surface area contributed by atoms with Crippen LogP contribution in [0.5, 0.6) is 0 Å². The van der Waals surface area contributed by atoms with E-state index < -0.39 is 19.3 Å². The molecule has 1 aliphatic heterocycles. The number of benzene rings is 1. The molecule has 2 atom stereocenters. The number of hydrogen-bond donors (Lipinski definition) is 3. The topological polar surface area (TPSA) is 83.2 Å². The molecule has 3 rings (SSSR count). The Bertz CT molecular complexity index is 1170. The highest BCUT2D eigenvalue weighted by Gasteiger charge is 2.23. The van der Waals surface area contributed by atoms with Gasteiger partial charge in [-0.3, -0.25) is 9.59 Å². The molecule has 30 heavy (non-hydrogen) atoms. The second-order valence-corrected chi connectivity index (χ2v) is 8.54. The third kappa shape index (κ3) is 5.32. The number of carbonyl (C=O) groups is 1. The fourth-order valence-electron chi connectivity index (χ4n) is 3.68. The lowest BCUT2D eigenvalue weighted by atomic mass is 9.99. The van der Waals surface area contributed by atoms with Gasteiger partial charge in [-0.1, -0.05) is 22.8 Å². The minimum Gasteiger partial charge on any atom is -0.382 e. The summed E-state index contributed by atoms with van der Waals surface area (Å²) in [5, 5.41) is 6.16. The Morgan fingerprint density at radius 3 is 2.90 bits per heavy atom. The summed E-state index contributed by atoms with van der Waals surface area (Å²) in [5.41, 5.74) is 3.59. The third-order valence-corrected chi connectivity index (χ3v) is 5.80. The van der Waals surface area contributed by atoms with Gasteiger partial charge >= 0.3 is 0 Å². The van der Waals surface area contributed by atoms with E-state index in [1.54, 1.807) is 19.9 Å². The number of aryl methyl sites for hydroxylation is 2. The van der Waals surface area contributed by atoms with Gasteiger partial charge in [0.2, 0.25) is 0 Å². The van der Waals surface area contributed by atoms with Gasteiger partial charge in [0.25, 0.3) is 11.5 Å². The average Bonchev–Trinajstić information content (AvgIpc) is 2.74. The van der Waals surface area contributed by atoms with Crippen LogP contribution >= 0.6 is 15.9 Å². The summed E-state index contributed by atoms with van der Waals surface area (Å²) < 4.78 is 44.8. The van der Waals surface area contributed by atoms with Crippen molar-refractivity contribution < 1.29 is 16.4 Å². The number of aromatic amines is 1. The molecule has 0 spiro atoms. The Labute approximate surface area is 193 Å². The molecule has 0 bridgehead atoms. The molecule has 1 fully saturated rings. The normalized spacial score (nSPS) is 22.2. The van der Waals surface area contributed by atoms with E-state index in [9.17, 15) is 9.59 Å². The number of pyridine rings is 1. The predicted octanol–water partition coefficient (Wildman–Crippen LogP) is 4.36. The smallest absolute Gasteiger partial charge is 0.253 e. The van der Waals surface area contributed by atoms with Crippen molar-refractivity contribution in [3.8, 4) is 0 Å². The zero-order valence-corrected chi connectivity index (χ0v) is 18.9. The van der Waals surface area contributed by atoms with Crippen LogP contribution in [0.15, 0.2) is 27.5 Å². The van der Waals surface area contributed by atoms with E-state index >= 15 is 0 Å². The van der Waals surface area contributed by atoms with Crippen LogP contribution in [0.4, 0.5) is 5.69 Å². The van der Waals surface area contributed by atoms with Crippen molar-refractivity contribution in [2.75, 3.05) is 11.9 Å². The number of ether oxygens (including phenoxy) is 1. The van der Waals surface area contributed by atoms with Gasteiger partial charge in [-0.25, -0.2) is 0 Å². The highest BCUT2D eigenvalue weighted by molar-refractivity contribution is 9.10. The molecular weight excluding hydrogens is 446 g/mol. The molecule has 3 N–H and O–H groups in total. The minimum atomic E-state index is -2.80. The summed E-state index contributed by atoms with van der Waals surface area (Å²) in [7, 11) is 0. The predicted molar refractivity (Wildman–Crippen MR) is 123 cm³/mol. The Morgan fingerprint density at radius 1 is 1.37 bits per heavy atom. The van der Waals surface area contributed by atoms with E-state index in [1.165, 1.54) is 0 Å². The summed E-state index contributed by atoms with van der Waals surface area (Å²) in [4.78, 5) is 28.0. The quantitative estimate of drug-likeness (QED) is 0.573. The van der Waals surface area contributed by atoms with Crippen molar-refractivity contribution >= 4 is 27.5 Å². The number of hydrogen-bond acceptors (Lipinski definition) is 4. The summed E-state index contributed by atoms with van der Waals surface area (Å²) >= 11 is 3.44. The number of rotatable bonds is 6. The van der Waals surface area contributed by atoms with Crippen molar-refractivity contribution in [3.63, 3.8) is 0 Å². The van der Waals surface area contributed by atoms with E-state index in [0.717, 1.165) is 11.3 Å². The van der Waals surface area contributed by atoms with Crippen molar-refractivity contribution in [1.82, 2.24) is 10.3 Å². The number of anilines is 1. The van der Waals surface area contributed by atoms with Crippen LogP contribution in [0, 0.1) is 20.8 Å². The SMILES string of the molecule is [2H]C([2H])([2H])C([2H])([2H])C1CC(Nc2cc(Br)cc(C(=O)NCc3c(C)cc(C)[nH]c3=O)c2C)CCO1. The van der Waals surface area contributed by atoms with Gasteiger partial charge < -0.3 is 20.4 Å². The lowest BCUT2D eigenvalue weighted by Gasteiger charge is -2.31. The van der Waals surface area contributed by atoms with Gasteiger partial charge in [0, 0.05) is 53.0 Å². The number of halogens is 1.